The van der Waals surface area contributed by atoms with Gasteiger partial charge in [0, 0.05) is 45.7 Å². The van der Waals surface area contributed by atoms with Gasteiger partial charge in [-0.3, -0.25) is 9.59 Å². The summed E-state index contributed by atoms with van der Waals surface area (Å²) in [5.41, 5.74) is -0.408. The fourth-order valence-electron chi connectivity index (χ4n) is 4.86. The van der Waals surface area contributed by atoms with Gasteiger partial charge in [-0.05, 0) is 44.4 Å². The van der Waals surface area contributed by atoms with E-state index >= 15 is 0 Å². The highest BCUT2D eigenvalue weighted by Crippen LogP contribution is 2.48. The number of hydrogen-bond donors (Lipinski definition) is 1. The number of hydrogen-bond acceptors (Lipinski definition) is 4. The average molecular weight is 338 g/mol. The highest BCUT2D eigenvalue weighted by Gasteiger charge is 2.52. The van der Waals surface area contributed by atoms with Crippen LogP contribution in [0.4, 0.5) is 0 Å². The third-order valence-electron chi connectivity index (χ3n) is 6.33. The Hall–Kier alpha value is -1.14. The molecule has 3 aliphatic heterocycles. The van der Waals surface area contributed by atoms with Crippen LogP contribution in [0.25, 0.3) is 0 Å². The van der Waals surface area contributed by atoms with E-state index in [-0.39, 0.29) is 29.8 Å². The molecule has 24 heavy (non-hydrogen) atoms. The van der Waals surface area contributed by atoms with E-state index in [1.807, 2.05) is 16.7 Å². The number of carbonyl (C=O) groups excluding carboxylic acids is 2. The fourth-order valence-corrected chi connectivity index (χ4v) is 4.86. The molecule has 0 saturated carbocycles. The predicted octanol–water partition coefficient (Wildman–Crippen LogP) is 1.03. The normalized spacial score (nSPS) is 30.8. The Morgan fingerprint density at radius 2 is 1.83 bits per heavy atom. The van der Waals surface area contributed by atoms with Gasteiger partial charge in [0.1, 0.15) is 0 Å². The van der Waals surface area contributed by atoms with Crippen LogP contribution in [-0.4, -0.2) is 71.7 Å². The van der Waals surface area contributed by atoms with Crippen molar-refractivity contribution < 1.29 is 19.4 Å². The predicted molar refractivity (Wildman–Crippen MR) is 89.3 cm³/mol. The summed E-state index contributed by atoms with van der Waals surface area (Å²) in [4.78, 5) is 28.5. The van der Waals surface area contributed by atoms with Crippen LogP contribution in [0.3, 0.4) is 0 Å². The van der Waals surface area contributed by atoms with Gasteiger partial charge < -0.3 is 19.6 Å². The minimum absolute atomic E-state index is 0.000944. The molecule has 1 unspecified atom stereocenters. The van der Waals surface area contributed by atoms with E-state index in [2.05, 4.69) is 0 Å². The number of amides is 2. The lowest BCUT2D eigenvalue weighted by Gasteiger charge is -2.41. The van der Waals surface area contributed by atoms with Crippen molar-refractivity contribution >= 4 is 11.8 Å². The summed E-state index contributed by atoms with van der Waals surface area (Å²) >= 11 is 0. The maximum Gasteiger partial charge on any atom is 0.225 e. The van der Waals surface area contributed by atoms with Crippen LogP contribution in [0.5, 0.6) is 0 Å². The lowest BCUT2D eigenvalue weighted by atomic mass is 9.74. The maximum atomic E-state index is 12.7. The molecule has 0 aromatic rings. The molecule has 0 aromatic carbocycles. The molecule has 6 heteroatoms. The van der Waals surface area contributed by atoms with Gasteiger partial charge in [-0.1, -0.05) is 0 Å². The van der Waals surface area contributed by atoms with Gasteiger partial charge in [-0.15, -0.1) is 0 Å². The first-order chi connectivity index (χ1) is 11.4. The minimum Gasteiger partial charge on any atom is -0.394 e. The topological polar surface area (TPSA) is 70.1 Å². The molecule has 1 N–H and O–H groups in total. The fraction of sp³-hybridized carbons (Fsp3) is 0.889. The number of nitrogens with zero attached hydrogens (tertiary/aromatic N) is 2. The first kappa shape index (κ1) is 17.7. The number of aliphatic hydroxyl groups excluding tert-OH is 1. The molecule has 3 aliphatic rings. The molecule has 2 amide bonds. The first-order valence-electron chi connectivity index (χ1n) is 9.15. The molecule has 1 spiro atoms. The quantitative estimate of drug-likeness (QED) is 0.816. The Kier molecular flexibility index (Phi) is 4.89. The van der Waals surface area contributed by atoms with Crippen molar-refractivity contribution in [3.05, 3.63) is 0 Å². The molecule has 0 aliphatic carbocycles. The lowest BCUT2D eigenvalue weighted by molar-refractivity contribution is -0.141. The Morgan fingerprint density at radius 1 is 1.21 bits per heavy atom. The summed E-state index contributed by atoms with van der Waals surface area (Å²) < 4.78 is 5.35. The van der Waals surface area contributed by atoms with Gasteiger partial charge >= 0.3 is 0 Å². The number of piperidine rings is 1. The van der Waals surface area contributed by atoms with Crippen molar-refractivity contribution in [2.24, 2.45) is 11.3 Å². The SMILES string of the molecule is CC(=O)N1CC2(CCN(C(=O)C3CCOCC3)CC2)CC1(C)CO. The number of likely N-dealkylation sites (tertiary alicyclic amines) is 2. The van der Waals surface area contributed by atoms with Crippen molar-refractivity contribution in [2.45, 2.75) is 51.5 Å². The lowest BCUT2D eigenvalue weighted by Crippen LogP contribution is -2.47. The molecular weight excluding hydrogens is 308 g/mol. The summed E-state index contributed by atoms with van der Waals surface area (Å²) in [5.74, 6) is 0.427. The van der Waals surface area contributed by atoms with E-state index < -0.39 is 5.54 Å². The third kappa shape index (κ3) is 3.18. The van der Waals surface area contributed by atoms with Crippen LogP contribution >= 0.6 is 0 Å². The van der Waals surface area contributed by atoms with Crippen molar-refractivity contribution in [1.82, 2.24) is 9.80 Å². The zero-order chi connectivity index (χ0) is 17.4. The molecule has 0 radical (unpaired) electrons. The number of ether oxygens (including phenoxy) is 1. The highest BCUT2D eigenvalue weighted by molar-refractivity contribution is 5.79. The molecule has 3 fully saturated rings. The second kappa shape index (κ2) is 6.64. The van der Waals surface area contributed by atoms with Gasteiger partial charge in [0.15, 0.2) is 0 Å². The highest BCUT2D eigenvalue weighted by atomic mass is 16.5. The average Bonchev–Trinajstić information content (AvgIpc) is 2.89. The second-order valence-corrected chi connectivity index (χ2v) is 8.15. The van der Waals surface area contributed by atoms with E-state index in [1.54, 1.807) is 6.92 Å². The minimum atomic E-state index is -0.460. The molecule has 0 bridgehead atoms. The van der Waals surface area contributed by atoms with Crippen LogP contribution in [-0.2, 0) is 14.3 Å². The molecular formula is C18H30N2O4. The summed E-state index contributed by atoms with van der Waals surface area (Å²) in [7, 11) is 0. The Morgan fingerprint density at radius 3 is 2.33 bits per heavy atom. The van der Waals surface area contributed by atoms with E-state index in [0.29, 0.717) is 19.8 Å². The van der Waals surface area contributed by atoms with E-state index in [4.69, 9.17) is 4.74 Å². The summed E-state index contributed by atoms with van der Waals surface area (Å²) in [6.45, 7) is 7.18. The summed E-state index contributed by atoms with van der Waals surface area (Å²) in [6, 6.07) is 0. The molecule has 3 rings (SSSR count). The van der Waals surface area contributed by atoms with E-state index in [0.717, 1.165) is 45.2 Å². The first-order valence-corrected chi connectivity index (χ1v) is 9.15. The van der Waals surface area contributed by atoms with Gasteiger partial charge in [0.2, 0.25) is 11.8 Å². The smallest absolute Gasteiger partial charge is 0.225 e. The Labute approximate surface area is 144 Å². The van der Waals surface area contributed by atoms with Crippen molar-refractivity contribution in [2.75, 3.05) is 39.5 Å². The third-order valence-corrected chi connectivity index (χ3v) is 6.33. The molecule has 3 heterocycles. The Bertz CT molecular complexity index is 495. The molecule has 1 atom stereocenters. The molecule has 6 nitrogen and oxygen atoms in total. The molecule has 3 saturated heterocycles. The number of aliphatic hydroxyl groups is 1. The zero-order valence-electron chi connectivity index (χ0n) is 14.9. The summed E-state index contributed by atoms with van der Waals surface area (Å²) in [5, 5.41) is 9.80. The zero-order valence-corrected chi connectivity index (χ0v) is 14.9. The standard InChI is InChI=1S/C18H30N2O4/c1-14(22)20-12-18(11-17(20,2)13-21)5-7-19(8-6-18)16(23)15-3-9-24-10-4-15/h15,21H,3-13H2,1-2H3. The van der Waals surface area contributed by atoms with Gasteiger partial charge in [0.25, 0.3) is 0 Å². The van der Waals surface area contributed by atoms with Crippen LogP contribution in [0.15, 0.2) is 0 Å². The van der Waals surface area contributed by atoms with E-state index in [1.165, 1.54) is 0 Å². The van der Waals surface area contributed by atoms with Crippen LogP contribution in [0, 0.1) is 11.3 Å². The van der Waals surface area contributed by atoms with Crippen molar-refractivity contribution in [3.8, 4) is 0 Å². The van der Waals surface area contributed by atoms with Crippen molar-refractivity contribution in [3.63, 3.8) is 0 Å². The second-order valence-electron chi connectivity index (χ2n) is 8.15. The maximum absolute atomic E-state index is 12.7. The number of rotatable bonds is 2. The van der Waals surface area contributed by atoms with Gasteiger partial charge in [-0.25, -0.2) is 0 Å². The monoisotopic (exact) mass is 338 g/mol. The number of carbonyl (C=O) groups is 2. The van der Waals surface area contributed by atoms with Crippen molar-refractivity contribution in [1.29, 1.82) is 0 Å². The van der Waals surface area contributed by atoms with E-state index in [9.17, 15) is 14.7 Å². The van der Waals surface area contributed by atoms with Gasteiger partial charge in [0.05, 0.1) is 12.1 Å². The van der Waals surface area contributed by atoms with Gasteiger partial charge in [-0.2, -0.15) is 0 Å². The summed E-state index contributed by atoms with van der Waals surface area (Å²) in [6.07, 6.45) is 4.33. The molecule has 136 valence electrons. The largest absolute Gasteiger partial charge is 0.394 e. The van der Waals surface area contributed by atoms with Crippen LogP contribution in [0.1, 0.15) is 46.0 Å². The molecule has 0 aromatic heterocycles. The van der Waals surface area contributed by atoms with Crippen LogP contribution in [0.2, 0.25) is 0 Å². The van der Waals surface area contributed by atoms with Crippen LogP contribution < -0.4 is 0 Å². The Balaban J connectivity index is 1.62.